The Hall–Kier alpha value is -0.795. The maximum atomic E-state index is 5.90. The summed E-state index contributed by atoms with van der Waals surface area (Å²) in [5.41, 5.74) is 2.15. The molecule has 0 atom stereocenters. The fraction of sp³-hybridized carbons (Fsp3) is 0.111. The highest BCUT2D eigenvalue weighted by molar-refractivity contribution is 6.42. The smallest absolute Gasteiger partial charge is 0.218 e. The van der Waals surface area contributed by atoms with Crippen molar-refractivity contribution >= 4 is 47.4 Å². The monoisotopic (exact) mass is 222 g/mol. The Morgan fingerprint density at radius 1 is 1.21 bits per heavy atom. The molecule has 68 valence electrons. The number of aromatic nitrogens is 2. The number of hydrogen-bond donors (Lipinski definition) is 0. The molecule has 1 aromatic carbocycles. The zero-order chi connectivity index (χ0) is 10.3. The lowest BCUT2D eigenvalue weighted by atomic mass is 9.89. The molecule has 0 aliphatic rings. The second-order valence-corrected chi connectivity index (χ2v) is 3.67. The quantitative estimate of drug-likeness (QED) is 0.388. The largest absolute Gasteiger partial charge is 0.224 e. The van der Waals surface area contributed by atoms with E-state index in [1.54, 1.807) is 0 Å². The molecular weight excluding hydrogens is 218 g/mol. The van der Waals surface area contributed by atoms with Crippen LogP contribution in [-0.2, 0) is 0 Å². The van der Waals surface area contributed by atoms with Crippen LogP contribution >= 0.6 is 23.2 Å². The molecule has 0 aliphatic heterocycles. The van der Waals surface area contributed by atoms with Crippen LogP contribution in [0.3, 0.4) is 0 Å². The van der Waals surface area contributed by atoms with Crippen molar-refractivity contribution < 1.29 is 0 Å². The first-order valence-corrected chi connectivity index (χ1v) is 4.73. The number of hydrogen-bond acceptors (Lipinski definition) is 2. The SMILES string of the molecule is [B]c1c(C)ccc2c(Cl)nc(Cl)nc12. The van der Waals surface area contributed by atoms with E-state index in [4.69, 9.17) is 31.0 Å². The minimum atomic E-state index is 0.111. The Bertz CT molecular complexity index is 514. The van der Waals surface area contributed by atoms with Gasteiger partial charge in [0.15, 0.2) is 0 Å². The third kappa shape index (κ3) is 1.47. The van der Waals surface area contributed by atoms with Crippen LogP contribution < -0.4 is 5.46 Å². The number of halogens is 2. The van der Waals surface area contributed by atoms with Crippen LogP contribution in [0, 0.1) is 6.92 Å². The zero-order valence-corrected chi connectivity index (χ0v) is 8.89. The highest BCUT2D eigenvalue weighted by Crippen LogP contribution is 2.20. The van der Waals surface area contributed by atoms with Gasteiger partial charge in [0.25, 0.3) is 0 Å². The lowest BCUT2D eigenvalue weighted by Crippen LogP contribution is -2.10. The minimum absolute atomic E-state index is 0.111. The van der Waals surface area contributed by atoms with Gasteiger partial charge < -0.3 is 0 Å². The Morgan fingerprint density at radius 3 is 2.64 bits per heavy atom. The van der Waals surface area contributed by atoms with Crippen LogP contribution in [0.25, 0.3) is 10.9 Å². The molecule has 0 amide bonds. The van der Waals surface area contributed by atoms with E-state index >= 15 is 0 Å². The molecule has 0 fully saturated rings. The number of aryl methyl sites for hydroxylation is 1. The molecular formula is C9H5BCl2N2. The van der Waals surface area contributed by atoms with E-state index in [0.29, 0.717) is 16.1 Å². The van der Waals surface area contributed by atoms with Crippen LogP contribution in [0.15, 0.2) is 12.1 Å². The summed E-state index contributed by atoms with van der Waals surface area (Å²) < 4.78 is 0. The Labute approximate surface area is 92.7 Å². The average Bonchev–Trinajstić information content (AvgIpc) is 2.12. The van der Waals surface area contributed by atoms with E-state index in [1.807, 2.05) is 19.1 Å². The molecule has 0 spiro atoms. The van der Waals surface area contributed by atoms with E-state index in [2.05, 4.69) is 9.97 Å². The summed E-state index contributed by atoms with van der Waals surface area (Å²) >= 11 is 11.6. The molecule has 5 heteroatoms. The maximum Gasteiger partial charge on any atom is 0.224 e. The third-order valence-corrected chi connectivity index (χ3v) is 2.51. The normalized spacial score (nSPS) is 10.8. The van der Waals surface area contributed by atoms with Gasteiger partial charge in [0, 0.05) is 5.39 Å². The van der Waals surface area contributed by atoms with Gasteiger partial charge in [-0.25, -0.2) is 9.97 Å². The third-order valence-electron chi connectivity index (χ3n) is 2.05. The van der Waals surface area contributed by atoms with Crippen LogP contribution in [0.1, 0.15) is 5.56 Å². The van der Waals surface area contributed by atoms with Gasteiger partial charge in [-0.1, -0.05) is 28.7 Å². The molecule has 0 N–H and O–H groups in total. The number of fused-ring (bicyclic) bond motifs is 1. The van der Waals surface area contributed by atoms with E-state index in [9.17, 15) is 0 Å². The number of benzene rings is 1. The van der Waals surface area contributed by atoms with Crippen molar-refractivity contribution in [3.05, 3.63) is 28.1 Å². The molecule has 0 bridgehead atoms. The first-order valence-electron chi connectivity index (χ1n) is 3.97. The first-order chi connectivity index (χ1) is 6.59. The molecule has 2 radical (unpaired) electrons. The van der Waals surface area contributed by atoms with Crippen LogP contribution in [-0.4, -0.2) is 17.8 Å². The highest BCUT2D eigenvalue weighted by Gasteiger charge is 2.07. The summed E-state index contributed by atoms with van der Waals surface area (Å²) in [6.07, 6.45) is 0. The van der Waals surface area contributed by atoms with Crippen molar-refractivity contribution in [3.63, 3.8) is 0 Å². The number of rotatable bonds is 0. The van der Waals surface area contributed by atoms with E-state index in [1.165, 1.54) is 0 Å². The molecule has 0 aliphatic carbocycles. The Kier molecular flexibility index (Phi) is 2.37. The van der Waals surface area contributed by atoms with Crippen molar-refractivity contribution in [1.29, 1.82) is 0 Å². The van der Waals surface area contributed by atoms with Crippen molar-refractivity contribution in [2.75, 3.05) is 0 Å². The molecule has 0 unspecified atom stereocenters. The van der Waals surface area contributed by atoms with Crippen molar-refractivity contribution in [1.82, 2.24) is 9.97 Å². The summed E-state index contributed by atoms with van der Waals surface area (Å²) in [6.45, 7) is 1.90. The molecule has 1 heterocycles. The predicted molar refractivity (Wildman–Crippen MR) is 59.7 cm³/mol. The van der Waals surface area contributed by atoms with Crippen LogP contribution in [0.5, 0.6) is 0 Å². The average molecular weight is 223 g/mol. The molecule has 2 rings (SSSR count). The van der Waals surface area contributed by atoms with Crippen LogP contribution in [0.2, 0.25) is 10.4 Å². The van der Waals surface area contributed by atoms with Crippen molar-refractivity contribution in [2.45, 2.75) is 6.92 Å². The van der Waals surface area contributed by atoms with E-state index in [0.717, 1.165) is 10.9 Å². The Morgan fingerprint density at radius 2 is 1.93 bits per heavy atom. The Balaban J connectivity index is 2.95. The zero-order valence-electron chi connectivity index (χ0n) is 7.38. The summed E-state index contributed by atoms with van der Waals surface area (Å²) in [6, 6.07) is 3.71. The van der Waals surface area contributed by atoms with Gasteiger partial charge in [-0.2, -0.15) is 0 Å². The second kappa shape index (κ2) is 3.41. The molecule has 0 saturated heterocycles. The lowest BCUT2D eigenvalue weighted by molar-refractivity contribution is 1.22. The van der Waals surface area contributed by atoms with Gasteiger partial charge in [0.1, 0.15) is 13.0 Å². The predicted octanol–water partition coefficient (Wildman–Crippen LogP) is 2.04. The fourth-order valence-corrected chi connectivity index (χ4v) is 1.70. The van der Waals surface area contributed by atoms with Gasteiger partial charge in [-0.3, -0.25) is 0 Å². The topological polar surface area (TPSA) is 25.8 Å². The van der Waals surface area contributed by atoms with E-state index < -0.39 is 0 Å². The summed E-state index contributed by atoms with van der Waals surface area (Å²) in [5, 5.41) is 1.16. The first kappa shape index (κ1) is 9.75. The van der Waals surface area contributed by atoms with Gasteiger partial charge in [-0.15, -0.1) is 0 Å². The lowest BCUT2D eigenvalue weighted by Gasteiger charge is -2.06. The van der Waals surface area contributed by atoms with E-state index in [-0.39, 0.29) is 5.28 Å². The summed E-state index contributed by atoms with van der Waals surface area (Å²) in [7, 11) is 5.85. The van der Waals surface area contributed by atoms with Crippen LogP contribution in [0.4, 0.5) is 0 Å². The summed E-state index contributed by atoms with van der Waals surface area (Å²) in [4.78, 5) is 7.88. The van der Waals surface area contributed by atoms with Gasteiger partial charge in [0.05, 0.1) is 5.52 Å². The molecule has 0 saturated carbocycles. The van der Waals surface area contributed by atoms with Gasteiger partial charge >= 0.3 is 0 Å². The fourth-order valence-electron chi connectivity index (χ4n) is 1.25. The van der Waals surface area contributed by atoms with Gasteiger partial charge in [0.2, 0.25) is 5.28 Å². The molecule has 1 aromatic heterocycles. The highest BCUT2D eigenvalue weighted by atomic mass is 35.5. The van der Waals surface area contributed by atoms with Gasteiger partial charge in [-0.05, 0) is 24.6 Å². The summed E-state index contributed by atoms with van der Waals surface area (Å²) in [5.74, 6) is 0. The standard InChI is InChI=1S/C9H5BCl2N2/c1-4-2-3-5-7(6(4)10)13-9(12)14-8(5)11/h2-3H,1H3. The minimum Gasteiger partial charge on any atom is -0.218 e. The molecule has 14 heavy (non-hydrogen) atoms. The second-order valence-electron chi connectivity index (χ2n) is 2.98. The van der Waals surface area contributed by atoms with Crippen molar-refractivity contribution in [3.8, 4) is 0 Å². The molecule has 2 aromatic rings. The van der Waals surface area contributed by atoms with Crippen molar-refractivity contribution in [2.24, 2.45) is 0 Å². The maximum absolute atomic E-state index is 5.90. The number of nitrogens with zero attached hydrogens (tertiary/aromatic N) is 2. The molecule has 2 nitrogen and oxygen atoms in total.